The minimum Gasteiger partial charge on any atom is -0.369 e. The zero-order chi connectivity index (χ0) is 22.6. The Morgan fingerprint density at radius 3 is 2.39 bits per heavy atom. The highest BCUT2D eigenvalue weighted by molar-refractivity contribution is 7.88. The Hall–Kier alpha value is -2.66. The molecule has 0 unspecified atom stereocenters. The van der Waals surface area contributed by atoms with Crippen molar-refractivity contribution in [3.63, 3.8) is 0 Å². The Bertz CT molecular complexity index is 1240. The predicted molar refractivity (Wildman–Crippen MR) is 125 cm³/mol. The summed E-state index contributed by atoms with van der Waals surface area (Å²) in [5.41, 5.74) is 1.18. The molecule has 0 saturated heterocycles. The number of nitrogens with one attached hydrogen (secondary N) is 4. The number of carbonyl (C=O) groups excluding carboxylic acids is 1. The molecule has 31 heavy (non-hydrogen) atoms. The smallest absolute Gasteiger partial charge is 0.326 e. The number of carbonyl (C=O) groups is 1. The van der Waals surface area contributed by atoms with Gasteiger partial charge in [0.25, 0.3) is 0 Å². The maximum absolute atomic E-state index is 12.4. The lowest BCUT2D eigenvalue weighted by Gasteiger charge is -2.11. The fourth-order valence-corrected chi connectivity index (χ4v) is 3.54. The summed E-state index contributed by atoms with van der Waals surface area (Å²) in [5, 5.41) is 10.9. The molecule has 0 aliphatic carbocycles. The van der Waals surface area contributed by atoms with Gasteiger partial charge in [-0.3, -0.25) is 5.32 Å². The van der Waals surface area contributed by atoms with Gasteiger partial charge < -0.3 is 10.6 Å². The second-order valence-corrected chi connectivity index (χ2v) is 9.37. The molecule has 0 saturated carbocycles. The van der Waals surface area contributed by atoms with Gasteiger partial charge in [-0.05, 0) is 42.0 Å². The first-order valence-electron chi connectivity index (χ1n) is 9.10. The van der Waals surface area contributed by atoms with Gasteiger partial charge in [-0.1, -0.05) is 29.3 Å². The van der Waals surface area contributed by atoms with Crippen LogP contribution in [0.5, 0.6) is 0 Å². The van der Waals surface area contributed by atoms with E-state index >= 15 is 0 Å². The summed E-state index contributed by atoms with van der Waals surface area (Å²) in [6.07, 6.45) is 1.09. The molecule has 0 atom stereocenters. The summed E-state index contributed by atoms with van der Waals surface area (Å²) in [6.45, 7) is 2.27. The fourth-order valence-electron chi connectivity index (χ4n) is 2.73. The Balaban J connectivity index is 1.64. The van der Waals surface area contributed by atoms with E-state index in [0.29, 0.717) is 33.8 Å². The highest BCUT2D eigenvalue weighted by atomic mass is 35.5. The summed E-state index contributed by atoms with van der Waals surface area (Å²) in [6, 6.07) is 9.98. The Morgan fingerprint density at radius 1 is 0.968 bits per heavy atom. The zero-order valence-electron chi connectivity index (χ0n) is 16.7. The normalized spacial score (nSPS) is 11.4. The molecular formula is C19H20Cl2N6O3S. The SMILES string of the molecule is Cc1cc(NCCNS(C)(=O)=O)nc(NC(=O)Nc2ccc3cc(Cl)c(Cl)cc3c2)n1. The van der Waals surface area contributed by atoms with Gasteiger partial charge in [0.2, 0.25) is 16.0 Å². The fraction of sp³-hybridized carbons (Fsp3) is 0.211. The third-order valence-electron chi connectivity index (χ3n) is 4.01. The Labute approximate surface area is 189 Å². The van der Waals surface area contributed by atoms with Crippen molar-refractivity contribution < 1.29 is 13.2 Å². The summed E-state index contributed by atoms with van der Waals surface area (Å²) in [5.74, 6) is 0.557. The molecule has 164 valence electrons. The zero-order valence-corrected chi connectivity index (χ0v) is 19.0. The monoisotopic (exact) mass is 482 g/mol. The Kier molecular flexibility index (Phi) is 7.16. The maximum Gasteiger partial charge on any atom is 0.326 e. The average Bonchev–Trinajstić information content (AvgIpc) is 2.65. The van der Waals surface area contributed by atoms with Gasteiger partial charge in [0.15, 0.2) is 0 Å². The first-order valence-corrected chi connectivity index (χ1v) is 11.7. The number of urea groups is 1. The molecule has 2 amide bonds. The number of aryl methyl sites for hydroxylation is 1. The van der Waals surface area contributed by atoms with Crippen LogP contribution in [0.15, 0.2) is 36.4 Å². The number of sulfonamides is 1. The number of amides is 2. The molecule has 3 aromatic rings. The van der Waals surface area contributed by atoms with Crippen LogP contribution >= 0.6 is 23.2 Å². The quantitative estimate of drug-likeness (QED) is 0.379. The first-order chi connectivity index (χ1) is 14.6. The van der Waals surface area contributed by atoms with Crippen molar-refractivity contribution in [3.8, 4) is 0 Å². The number of anilines is 3. The lowest BCUT2D eigenvalue weighted by Crippen LogP contribution is -2.28. The highest BCUT2D eigenvalue weighted by Gasteiger charge is 2.09. The summed E-state index contributed by atoms with van der Waals surface area (Å²) >= 11 is 12.1. The molecule has 0 fully saturated rings. The third kappa shape index (κ3) is 6.93. The number of hydrogen-bond acceptors (Lipinski definition) is 6. The van der Waals surface area contributed by atoms with Crippen LogP contribution in [0.25, 0.3) is 10.8 Å². The van der Waals surface area contributed by atoms with Crippen LogP contribution in [0, 0.1) is 6.92 Å². The van der Waals surface area contributed by atoms with E-state index < -0.39 is 16.1 Å². The van der Waals surface area contributed by atoms with Gasteiger partial charge >= 0.3 is 6.03 Å². The number of rotatable bonds is 7. The molecule has 3 rings (SSSR count). The van der Waals surface area contributed by atoms with Crippen molar-refractivity contribution in [1.82, 2.24) is 14.7 Å². The van der Waals surface area contributed by atoms with Crippen molar-refractivity contribution in [3.05, 3.63) is 52.1 Å². The van der Waals surface area contributed by atoms with Gasteiger partial charge in [-0.2, -0.15) is 4.98 Å². The molecule has 2 aromatic carbocycles. The van der Waals surface area contributed by atoms with Crippen LogP contribution in [-0.2, 0) is 10.0 Å². The molecule has 0 spiro atoms. The standard InChI is InChI=1S/C19H20Cl2N6O3S/c1-11-7-17(22-5-6-23-31(2,29)30)26-18(24-11)27-19(28)25-14-4-3-12-9-15(20)16(21)10-13(12)8-14/h3-4,7-10,23H,5-6H2,1-2H3,(H3,22,24,25,26,27,28). The summed E-state index contributed by atoms with van der Waals surface area (Å²) in [7, 11) is -3.26. The van der Waals surface area contributed by atoms with Gasteiger partial charge in [0.1, 0.15) is 5.82 Å². The van der Waals surface area contributed by atoms with Crippen molar-refractivity contribution in [2.75, 3.05) is 35.3 Å². The van der Waals surface area contributed by atoms with Crippen molar-refractivity contribution >= 4 is 67.5 Å². The van der Waals surface area contributed by atoms with E-state index in [-0.39, 0.29) is 12.5 Å². The second-order valence-electron chi connectivity index (χ2n) is 6.72. The van der Waals surface area contributed by atoms with Gasteiger partial charge in [-0.25, -0.2) is 22.9 Å². The number of benzene rings is 2. The molecule has 1 aromatic heterocycles. The number of aromatic nitrogens is 2. The highest BCUT2D eigenvalue weighted by Crippen LogP contribution is 2.29. The molecular weight excluding hydrogens is 463 g/mol. The first kappa shape index (κ1) is 23.0. The van der Waals surface area contributed by atoms with Crippen molar-refractivity contribution in [1.29, 1.82) is 0 Å². The van der Waals surface area contributed by atoms with Gasteiger partial charge in [0.05, 0.1) is 16.3 Å². The van der Waals surface area contributed by atoms with Crippen LogP contribution in [0.4, 0.5) is 22.2 Å². The van der Waals surface area contributed by atoms with E-state index in [1.807, 2.05) is 6.07 Å². The van der Waals surface area contributed by atoms with E-state index in [1.54, 1.807) is 37.3 Å². The molecule has 12 heteroatoms. The molecule has 0 aliphatic heterocycles. The van der Waals surface area contributed by atoms with E-state index in [4.69, 9.17) is 23.2 Å². The van der Waals surface area contributed by atoms with Crippen LogP contribution in [0.2, 0.25) is 10.0 Å². The molecule has 1 heterocycles. The number of halogens is 2. The van der Waals surface area contributed by atoms with Gasteiger partial charge in [0, 0.05) is 30.5 Å². The molecule has 0 radical (unpaired) electrons. The summed E-state index contributed by atoms with van der Waals surface area (Å²) < 4.78 is 24.6. The van der Waals surface area contributed by atoms with Crippen LogP contribution < -0.4 is 20.7 Å². The topological polar surface area (TPSA) is 125 Å². The van der Waals surface area contributed by atoms with Crippen molar-refractivity contribution in [2.24, 2.45) is 0 Å². The van der Waals surface area contributed by atoms with Crippen molar-refractivity contribution in [2.45, 2.75) is 6.92 Å². The number of nitrogens with zero attached hydrogens (tertiary/aromatic N) is 2. The third-order valence-corrected chi connectivity index (χ3v) is 5.46. The van der Waals surface area contributed by atoms with E-state index in [2.05, 4.69) is 30.6 Å². The number of fused-ring (bicyclic) bond motifs is 1. The van der Waals surface area contributed by atoms with E-state index in [0.717, 1.165) is 17.0 Å². The molecule has 0 aliphatic rings. The maximum atomic E-state index is 12.4. The van der Waals surface area contributed by atoms with E-state index in [9.17, 15) is 13.2 Å². The minimum atomic E-state index is -3.26. The minimum absolute atomic E-state index is 0.103. The largest absolute Gasteiger partial charge is 0.369 e. The predicted octanol–water partition coefficient (Wildman–Crippen LogP) is 3.85. The number of hydrogen-bond donors (Lipinski definition) is 4. The second kappa shape index (κ2) is 9.65. The summed E-state index contributed by atoms with van der Waals surface area (Å²) in [4.78, 5) is 20.8. The Morgan fingerprint density at radius 2 is 1.68 bits per heavy atom. The molecule has 9 nitrogen and oxygen atoms in total. The lowest BCUT2D eigenvalue weighted by molar-refractivity contribution is 0.262. The molecule has 4 N–H and O–H groups in total. The van der Waals surface area contributed by atoms with Crippen LogP contribution in [0.1, 0.15) is 5.69 Å². The van der Waals surface area contributed by atoms with E-state index in [1.165, 1.54) is 0 Å². The average molecular weight is 483 g/mol. The lowest BCUT2D eigenvalue weighted by atomic mass is 10.1. The van der Waals surface area contributed by atoms with Crippen LogP contribution in [0.3, 0.4) is 0 Å². The molecule has 0 bridgehead atoms. The van der Waals surface area contributed by atoms with Gasteiger partial charge in [-0.15, -0.1) is 0 Å². The van der Waals surface area contributed by atoms with Crippen LogP contribution in [-0.4, -0.2) is 43.8 Å².